The van der Waals surface area contributed by atoms with Crippen molar-refractivity contribution in [2.45, 2.75) is 6.04 Å². The maximum absolute atomic E-state index is 10.7. The average molecular weight is 205 g/mol. The van der Waals surface area contributed by atoms with Gasteiger partial charge in [0, 0.05) is 17.7 Å². The minimum absolute atomic E-state index is 0.0128. The summed E-state index contributed by atoms with van der Waals surface area (Å²) < 4.78 is 0. The average Bonchev–Trinajstić information content (AvgIpc) is 2.27. The Morgan fingerprint density at radius 1 is 1.53 bits per heavy atom. The Balaban J connectivity index is 2.47. The summed E-state index contributed by atoms with van der Waals surface area (Å²) >= 11 is 0. The lowest BCUT2D eigenvalue weighted by Crippen LogP contribution is -2.11. The molecule has 0 spiro atoms. The first-order valence-corrected chi connectivity index (χ1v) is 4.24. The van der Waals surface area contributed by atoms with Crippen molar-refractivity contribution in [1.82, 2.24) is 0 Å². The minimum atomic E-state index is -0.568. The van der Waals surface area contributed by atoms with E-state index in [2.05, 4.69) is 10.3 Å². The Hall–Kier alpha value is -2.24. The van der Waals surface area contributed by atoms with Gasteiger partial charge in [0.05, 0.1) is 16.9 Å². The molecule has 0 aromatic heterocycles. The fraction of sp³-hybridized carbons (Fsp3) is 0.111. The molecule has 2 rings (SSSR count). The number of nitrogens with zero attached hydrogens (tertiary/aromatic N) is 2. The molecule has 0 amide bonds. The number of rotatable bonds is 2. The molecule has 1 aromatic rings. The molecule has 1 aliphatic rings. The number of aliphatic imine (C=N–C) groups is 1. The third-order valence-electron chi connectivity index (χ3n) is 2.15. The molecule has 15 heavy (non-hydrogen) atoms. The molecule has 0 saturated heterocycles. The number of carbonyl (C=O) groups is 1. The van der Waals surface area contributed by atoms with E-state index in [0.717, 1.165) is 0 Å². The van der Waals surface area contributed by atoms with Gasteiger partial charge in [0.2, 0.25) is 0 Å². The molecular formula is C9H7N3O3. The molecule has 0 aliphatic carbocycles. The predicted octanol–water partition coefficient (Wildman–Crippen LogP) is 1.29. The molecule has 0 radical (unpaired) electrons. The van der Waals surface area contributed by atoms with Crippen LogP contribution in [0, 0.1) is 10.1 Å². The van der Waals surface area contributed by atoms with E-state index in [-0.39, 0.29) is 5.69 Å². The number of anilines is 1. The van der Waals surface area contributed by atoms with Gasteiger partial charge in [-0.2, -0.15) is 0 Å². The maximum atomic E-state index is 10.7. The molecule has 1 unspecified atom stereocenters. The smallest absolute Gasteiger partial charge is 0.271 e. The summed E-state index contributed by atoms with van der Waals surface area (Å²) in [4.78, 5) is 24.6. The predicted molar refractivity (Wildman–Crippen MR) is 54.0 cm³/mol. The SMILES string of the molecule is O=CC1N=CNc2cc([N+](=O)[O-])ccc21. The van der Waals surface area contributed by atoms with Crippen molar-refractivity contribution in [1.29, 1.82) is 0 Å². The Morgan fingerprint density at radius 2 is 2.33 bits per heavy atom. The second-order valence-electron chi connectivity index (χ2n) is 3.03. The van der Waals surface area contributed by atoms with Crippen LogP contribution in [0.3, 0.4) is 0 Å². The van der Waals surface area contributed by atoms with Gasteiger partial charge in [-0.05, 0) is 6.07 Å². The molecule has 6 heteroatoms. The van der Waals surface area contributed by atoms with Crippen LogP contribution in [-0.2, 0) is 4.79 Å². The topological polar surface area (TPSA) is 84.6 Å². The molecule has 1 aliphatic heterocycles. The fourth-order valence-electron chi connectivity index (χ4n) is 1.42. The molecule has 0 bridgehead atoms. The van der Waals surface area contributed by atoms with E-state index in [9.17, 15) is 14.9 Å². The highest BCUT2D eigenvalue weighted by Gasteiger charge is 2.19. The molecule has 1 N–H and O–H groups in total. The second kappa shape index (κ2) is 3.49. The summed E-state index contributed by atoms with van der Waals surface area (Å²) in [6.45, 7) is 0. The first-order chi connectivity index (χ1) is 7.22. The van der Waals surface area contributed by atoms with Gasteiger partial charge in [0.15, 0.2) is 0 Å². The molecule has 76 valence electrons. The van der Waals surface area contributed by atoms with Crippen molar-refractivity contribution in [3.05, 3.63) is 33.9 Å². The number of nitrogens with one attached hydrogen (secondary N) is 1. The van der Waals surface area contributed by atoms with Crippen LogP contribution < -0.4 is 5.32 Å². The van der Waals surface area contributed by atoms with Crippen LogP contribution >= 0.6 is 0 Å². The zero-order valence-corrected chi connectivity index (χ0v) is 7.58. The van der Waals surface area contributed by atoms with Gasteiger partial charge < -0.3 is 10.1 Å². The summed E-state index contributed by atoms with van der Waals surface area (Å²) in [6.07, 6.45) is 2.06. The van der Waals surface area contributed by atoms with E-state index in [1.54, 1.807) is 0 Å². The van der Waals surface area contributed by atoms with E-state index in [0.29, 0.717) is 17.5 Å². The number of hydrogen-bond acceptors (Lipinski definition) is 5. The second-order valence-corrected chi connectivity index (χ2v) is 3.03. The zero-order valence-electron chi connectivity index (χ0n) is 7.58. The first-order valence-electron chi connectivity index (χ1n) is 4.24. The lowest BCUT2D eigenvalue weighted by atomic mass is 10.0. The van der Waals surface area contributed by atoms with E-state index in [1.807, 2.05) is 0 Å². The van der Waals surface area contributed by atoms with E-state index < -0.39 is 11.0 Å². The van der Waals surface area contributed by atoms with Crippen LogP contribution in [0.5, 0.6) is 0 Å². The fourth-order valence-corrected chi connectivity index (χ4v) is 1.42. The lowest BCUT2D eigenvalue weighted by molar-refractivity contribution is -0.384. The molecular weight excluding hydrogens is 198 g/mol. The molecule has 0 saturated carbocycles. The molecule has 6 nitrogen and oxygen atoms in total. The maximum Gasteiger partial charge on any atom is 0.271 e. The summed E-state index contributed by atoms with van der Waals surface area (Å²) in [6, 6.07) is 3.72. The van der Waals surface area contributed by atoms with Crippen molar-refractivity contribution >= 4 is 24.0 Å². The third-order valence-corrected chi connectivity index (χ3v) is 2.15. The van der Waals surface area contributed by atoms with Crippen molar-refractivity contribution in [3.63, 3.8) is 0 Å². The van der Waals surface area contributed by atoms with Gasteiger partial charge in [-0.25, -0.2) is 0 Å². The van der Waals surface area contributed by atoms with Crippen LogP contribution in [0.15, 0.2) is 23.2 Å². The standard InChI is InChI=1S/C9H7N3O3/c13-4-9-7-2-1-6(12(14)15)3-8(7)10-5-11-9/h1-5,9H,(H,10,11). The molecule has 0 fully saturated rings. The molecule has 1 heterocycles. The Labute approximate surface area is 84.8 Å². The zero-order chi connectivity index (χ0) is 10.8. The highest BCUT2D eigenvalue weighted by molar-refractivity contribution is 5.85. The first kappa shape index (κ1) is 9.32. The Kier molecular flexibility index (Phi) is 2.17. The van der Waals surface area contributed by atoms with Gasteiger partial charge >= 0.3 is 0 Å². The Bertz CT molecular complexity index is 456. The minimum Gasteiger partial charge on any atom is -0.346 e. The van der Waals surface area contributed by atoms with Crippen LogP contribution in [0.2, 0.25) is 0 Å². The van der Waals surface area contributed by atoms with Gasteiger partial charge in [0.1, 0.15) is 12.3 Å². The van der Waals surface area contributed by atoms with E-state index in [4.69, 9.17) is 0 Å². The normalized spacial score (nSPS) is 17.7. The highest BCUT2D eigenvalue weighted by Crippen LogP contribution is 2.30. The number of benzene rings is 1. The van der Waals surface area contributed by atoms with Gasteiger partial charge in [-0.15, -0.1) is 0 Å². The van der Waals surface area contributed by atoms with Crippen LogP contribution in [-0.4, -0.2) is 17.5 Å². The van der Waals surface area contributed by atoms with Crippen molar-refractivity contribution in [2.75, 3.05) is 5.32 Å². The molecule has 1 atom stereocenters. The quantitative estimate of drug-likeness (QED) is 0.447. The summed E-state index contributed by atoms with van der Waals surface area (Å²) in [5.74, 6) is 0. The monoisotopic (exact) mass is 205 g/mol. The number of hydrogen-bond donors (Lipinski definition) is 1. The third kappa shape index (κ3) is 1.56. The summed E-state index contributed by atoms with van der Waals surface area (Å²) in [5, 5.41) is 13.3. The number of non-ortho nitro benzene ring substituents is 1. The number of nitro groups is 1. The van der Waals surface area contributed by atoms with E-state index >= 15 is 0 Å². The van der Waals surface area contributed by atoms with Crippen molar-refractivity contribution in [3.8, 4) is 0 Å². The summed E-state index contributed by atoms with van der Waals surface area (Å²) in [7, 11) is 0. The highest BCUT2D eigenvalue weighted by atomic mass is 16.6. The number of carbonyl (C=O) groups excluding carboxylic acids is 1. The lowest BCUT2D eigenvalue weighted by Gasteiger charge is -2.16. The van der Waals surface area contributed by atoms with E-state index in [1.165, 1.54) is 24.5 Å². The van der Waals surface area contributed by atoms with Crippen molar-refractivity contribution < 1.29 is 9.72 Å². The van der Waals surface area contributed by atoms with Crippen molar-refractivity contribution in [2.24, 2.45) is 4.99 Å². The van der Waals surface area contributed by atoms with Gasteiger partial charge in [0.25, 0.3) is 5.69 Å². The largest absolute Gasteiger partial charge is 0.346 e. The number of nitro benzene ring substituents is 1. The van der Waals surface area contributed by atoms with Crippen LogP contribution in [0.25, 0.3) is 0 Å². The van der Waals surface area contributed by atoms with Crippen LogP contribution in [0.1, 0.15) is 11.6 Å². The van der Waals surface area contributed by atoms with Crippen LogP contribution in [0.4, 0.5) is 11.4 Å². The summed E-state index contributed by atoms with van der Waals surface area (Å²) in [5.41, 5.74) is 1.19. The number of aldehydes is 1. The van der Waals surface area contributed by atoms with Gasteiger partial charge in [-0.3, -0.25) is 15.1 Å². The Morgan fingerprint density at radius 3 is 3.00 bits per heavy atom. The molecule has 1 aromatic carbocycles. The van der Waals surface area contributed by atoms with Gasteiger partial charge in [-0.1, -0.05) is 0 Å². The number of fused-ring (bicyclic) bond motifs is 1.